The molecule has 0 aliphatic carbocycles. The van der Waals surface area contributed by atoms with Gasteiger partial charge in [-0.05, 0) is 84.9 Å². The van der Waals surface area contributed by atoms with Crippen LogP contribution in [0, 0.1) is 62.0 Å². The molecule has 0 aliphatic rings. The Labute approximate surface area is 306 Å². The molecule has 3 aromatic heterocycles. The van der Waals surface area contributed by atoms with Crippen LogP contribution in [0.2, 0.25) is 0 Å². The standard InChI is InChI=1S/C12H16N2.C9H13NO.C8H13N.C3H5N.Ac.Na.H2O/c1-4-10-8-14-12(11(10)5-2)6-9(3)7-13;1-3-7-5-10-9(6-11)8(7)4-2;1-3-7-5-9-6-8(7)4-2;1-3-4-2;;;/h6,8,14H,4-5H2,1-3H3;5-6,10H,3-4H2,1-2H3;5-6,9H,3-4H2,1-2H3;3H2,1H3;;;1H2/q;;;;;+1;/p-1/b9-6-;;;;;;. The van der Waals surface area contributed by atoms with E-state index in [1.165, 1.54) is 33.4 Å². The van der Waals surface area contributed by atoms with Gasteiger partial charge in [-0.2, -0.15) is 5.26 Å². The summed E-state index contributed by atoms with van der Waals surface area (Å²) in [6, 6.07) is 2.13. The van der Waals surface area contributed by atoms with Gasteiger partial charge in [0.05, 0.1) is 11.8 Å². The van der Waals surface area contributed by atoms with Crippen LogP contribution in [0.15, 0.2) is 30.4 Å². The van der Waals surface area contributed by atoms with Crippen LogP contribution >= 0.6 is 0 Å². The first-order valence-electron chi connectivity index (χ1n) is 13.7. The molecule has 0 bridgehead atoms. The van der Waals surface area contributed by atoms with Crippen LogP contribution in [0.1, 0.15) is 105 Å². The number of carbonyl (C=O) groups is 1. The number of aromatic amines is 3. The average molecular weight is 785 g/mol. The number of H-pyrrole nitrogens is 3. The maximum absolute atomic E-state index is 10.5. The predicted octanol–water partition coefficient (Wildman–Crippen LogP) is 4.91. The first kappa shape index (κ1) is 46.6. The number of rotatable bonds is 8. The maximum Gasteiger partial charge on any atom is 1.00 e. The van der Waals surface area contributed by atoms with Gasteiger partial charge >= 0.3 is 29.6 Å². The molecule has 7 nitrogen and oxygen atoms in total. The van der Waals surface area contributed by atoms with Crippen LogP contribution in [-0.2, 0) is 38.5 Å². The number of aldehydes is 1. The van der Waals surface area contributed by atoms with Gasteiger partial charge in [0.25, 0.3) is 0 Å². The van der Waals surface area contributed by atoms with Crippen molar-refractivity contribution in [3.63, 3.8) is 0 Å². The van der Waals surface area contributed by atoms with Crippen molar-refractivity contribution in [1.29, 1.82) is 5.26 Å². The molecule has 3 aromatic rings. The molecule has 0 saturated heterocycles. The van der Waals surface area contributed by atoms with Gasteiger partial charge in [0.1, 0.15) is 0 Å². The number of nitriles is 1. The van der Waals surface area contributed by atoms with E-state index in [1.807, 2.05) is 32.3 Å². The Morgan fingerprint density at radius 3 is 1.51 bits per heavy atom. The fraction of sp³-hybridized carbons (Fsp3) is 0.469. The van der Waals surface area contributed by atoms with E-state index in [0.717, 1.165) is 61.8 Å². The topological polar surface area (TPSA) is 123 Å². The van der Waals surface area contributed by atoms with E-state index in [1.54, 1.807) is 0 Å². The van der Waals surface area contributed by atoms with Crippen molar-refractivity contribution in [2.24, 2.45) is 0 Å². The summed E-state index contributed by atoms with van der Waals surface area (Å²) in [5, 5.41) is 8.69. The van der Waals surface area contributed by atoms with E-state index in [4.69, 9.17) is 11.8 Å². The third kappa shape index (κ3) is 16.7. The van der Waals surface area contributed by atoms with Crippen LogP contribution in [0.3, 0.4) is 0 Å². The average Bonchev–Trinajstić information content (AvgIpc) is 3.70. The molecule has 1 radical (unpaired) electrons. The van der Waals surface area contributed by atoms with Crippen molar-refractivity contribution in [2.75, 3.05) is 6.54 Å². The summed E-state index contributed by atoms with van der Waals surface area (Å²) in [7, 11) is 0. The number of aromatic nitrogens is 3. The zero-order valence-corrected chi connectivity index (χ0v) is 33.5. The van der Waals surface area contributed by atoms with Gasteiger partial charge in [-0.15, -0.1) is 0 Å². The molecule has 0 spiro atoms. The summed E-state index contributed by atoms with van der Waals surface area (Å²) in [4.78, 5) is 22.7. The Bertz CT molecular complexity index is 1180. The van der Waals surface area contributed by atoms with Crippen LogP contribution < -0.4 is 29.6 Å². The summed E-state index contributed by atoms with van der Waals surface area (Å²) in [6.07, 6.45) is 17.2. The number of nitrogens with one attached hydrogen (secondary N) is 3. The molecule has 0 fully saturated rings. The van der Waals surface area contributed by atoms with Gasteiger partial charge in [0.15, 0.2) is 6.29 Å². The Balaban J connectivity index is -0.000000231. The summed E-state index contributed by atoms with van der Waals surface area (Å²) in [5.41, 5.74) is 10.6. The molecule has 0 aliphatic heterocycles. The van der Waals surface area contributed by atoms with E-state index in [0.29, 0.717) is 6.54 Å². The minimum absolute atomic E-state index is 0. The first-order valence-corrected chi connectivity index (χ1v) is 13.7. The Morgan fingerprint density at radius 1 is 0.805 bits per heavy atom. The summed E-state index contributed by atoms with van der Waals surface area (Å²) < 4.78 is 0. The Kier molecular flexibility index (Phi) is 32.7. The van der Waals surface area contributed by atoms with Crippen LogP contribution in [0.4, 0.5) is 0 Å². The fourth-order valence-electron chi connectivity index (χ4n) is 4.06. The van der Waals surface area contributed by atoms with Crippen LogP contribution in [0.25, 0.3) is 10.9 Å². The molecule has 41 heavy (non-hydrogen) atoms. The van der Waals surface area contributed by atoms with E-state index in [9.17, 15) is 4.79 Å². The van der Waals surface area contributed by atoms with Crippen molar-refractivity contribution in [3.05, 3.63) is 86.5 Å². The summed E-state index contributed by atoms with van der Waals surface area (Å²) in [5.74, 6) is 0. The molecule has 0 atom stereocenters. The summed E-state index contributed by atoms with van der Waals surface area (Å²) in [6.45, 7) is 23.1. The summed E-state index contributed by atoms with van der Waals surface area (Å²) >= 11 is 0. The van der Waals surface area contributed by atoms with Gasteiger partial charge in [0.2, 0.25) is 6.54 Å². The van der Waals surface area contributed by atoms with E-state index >= 15 is 0 Å². The Morgan fingerprint density at radius 2 is 1.20 bits per heavy atom. The zero-order valence-electron chi connectivity index (χ0n) is 26.7. The molecule has 0 saturated carbocycles. The third-order valence-corrected chi connectivity index (χ3v) is 6.20. The van der Waals surface area contributed by atoms with Crippen molar-refractivity contribution < 1.29 is 83.9 Å². The second-order valence-corrected chi connectivity index (χ2v) is 8.57. The molecule has 217 valence electrons. The number of allylic oxidation sites excluding steroid dienone is 1. The minimum Gasteiger partial charge on any atom is -0.870 e. The maximum atomic E-state index is 10.5. The van der Waals surface area contributed by atoms with Gasteiger partial charge in [-0.3, -0.25) is 4.79 Å². The van der Waals surface area contributed by atoms with Crippen molar-refractivity contribution in [1.82, 2.24) is 15.0 Å². The molecule has 0 unspecified atom stereocenters. The molecular formula is C32H48AcN5NaO2. The van der Waals surface area contributed by atoms with Gasteiger partial charge in [0, 0.05) is 87.0 Å². The monoisotopic (exact) mass is 784 g/mol. The molecular weight excluding hydrogens is 736 g/mol. The number of carbonyl (C=O) groups excluding carboxylic acids is 1. The SMILES string of the molecule is CCc1c[nH]c(/C=C(/C)C#N)c1CC.CCc1c[nH]c(C=O)c1CC.CCc1c[nH]cc1CC.[Ac].[C-]#[N+]CC.[Na+].[OH-]. The van der Waals surface area contributed by atoms with Gasteiger partial charge in [-0.1, -0.05) is 41.5 Å². The fourth-order valence-corrected chi connectivity index (χ4v) is 4.06. The molecule has 0 aromatic carbocycles. The second-order valence-electron chi connectivity index (χ2n) is 8.57. The number of aryl methyl sites for hydroxylation is 4. The third-order valence-electron chi connectivity index (χ3n) is 6.20. The molecule has 3 rings (SSSR count). The molecule has 3 heterocycles. The van der Waals surface area contributed by atoms with Crippen LogP contribution in [-0.4, -0.2) is 33.3 Å². The second kappa shape index (κ2) is 28.7. The van der Waals surface area contributed by atoms with Crippen LogP contribution in [0.5, 0.6) is 0 Å². The van der Waals surface area contributed by atoms with E-state index in [2.05, 4.69) is 79.8 Å². The van der Waals surface area contributed by atoms with Gasteiger partial charge in [-0.25, -0.2) is 6.57 Å². The molecule has 0 amide bonds. The quantitative estimate of drug-likeness (QED) is 0.130. The first-order chi connectivity index (χ1) is 18.3. The number of hydrogen-bond acceptors (Lipinski definition) is 3. The van der Waals surface area contributed by atoms with E-state index < -0.39 is 0 Å². The number of hydrogen-bond donors (Lipinski definition) is 3. The Hall–Kier alpha value is -1.37. The smallest absolute Gasteiger partial charge is 0.870 e. The normalized spacial score (nSPS) is 9.27. The molecule has 4 N–H and O–H groups in total. The minimum atomic E-state index is 0. The molecule has 9 heteroatoms. The zero-order chi connectivity index (χ0) is 28.9. The predicted molar refractivity (Wildman–Crippen MR) is 162 cm³/mol. The number of nitrogens with zero attached hydrogens (tertiary/aromatic N) is 2. The largest absolute Gasteiger partial charge is 1.00 e. The van der Waals surface area contributed by atoms with E-state index in [-0.39, 0.29) is 79.1 Å². The van der Waals surface area contributed by atoms with Crippen molar-refractivity contribution in [2.45, 2.75) is 93.9 Å². The van der Waals surface area contributed by atoms with Gasteiger partial charge < -0.3 is 25.3 Å². The van der Waals surface area contributed by atoms with Crippen molar-refractivity contribution >= 4 is 12.4 Å². The van der Waals surface area contributed by atoms with Crippen molar-refractivity contribution in [3.8, 4) is 6.07 Å².